The van der Waals surface area contributed by atoms with Crippen LogP contribution in [0.25, 0.3) is 5.57 Å². The van der Waals surface area contributed by atoms with E-state index in [1.165, 1.54) is 11.8 Å². The fourth-order valence-corrected chi connectivity index (χ4v) is 1.24. The summed E-state index contributed by atoms with van der Waals surface area (Å²) >= 11 is 0. The lowest BCUT2D eigenvalue weighted by Gasteiger charge is -2.04. The van der Waals surface area contributed by atoms with Crippen LogP contribution in [0.5, 0.6) is 0 Å². The van der Waals surface area contributed by atoms with Gasteiger partial charge in [0, 0.05) is 17.5 Å². The first kappa shape index (κ1) is 9.52. The van der Waals surface area contributed by atoms with Crippen molar-refractivity contribution in [3.05, 3.63) is 41.1 Å². The number of rotatable bonds is 2. The Balaban J connectivity index is 3.21. The predicted octanol–water partition coefficient (Wildman–Crippen LogP) is 2.33. The number of hydrogen-bond donors (Lipinski definition) is 2. The van der Waals surface area contributed by atoms with Crippen LogP contribution in [-0.4, -0.2) is 6.21 Å². The third-order valence-corrected chi connectivity index (χ3v) is 1.90. The van der Waals surface area contributed by atoms with Gasteiger partial charge in [0.15, 0.2) is 0 Å². The van der Waals surface area contributed by atoms with Crippen molar-refractivity contribution in [2.24, 2.45) is 5.73 Å². The molecule has 13 heavy (non-hydrogen) atoms. The van der Waals surface area contributed by atoms with Gasteiger partial charge in [-0.25, -0.2) is 0 Å². The molecular weight excluding hydrogens is 160 g/mol. The van der Waals surface area contributed by atoms with Crippen molar-refractivity contribution in [1.82, 2.24) is 0 Å². The van der Waals surface area contributed by atoms with E-state index in [0.29, 0.717) is 5.70 Å². The van der Waals surface area contributed by atoms with Gasteiger partial charge < -0.3 is 11.1 Å². The Hall–Kier alpha value is -1.57. The van der Waals surface area contributed by atoms with E-state index < -0.39 is 0 Å². The van der Waals surface area contributed by atoms with Crippen LogP contribution in [0.2, 0.25) is 0 Å². The number of allylic oxidation sites excluding steroid dienone is 2. The Morgan fingerprint density at radius 1 is 1.46 bits per heavy atom. The van der Waals surface area contributed by atoms with Crippen LogP contribution in [0.1, 0.15) is 18.1 Å². The molecule has 0 radical (unpaired) electrons. The zero-order chi connectivity index (χ0) is 9.84. The van der Waals surface area contributed by atoms with Gasteiger partial charge in [0.1, 0.15) is 0 Å². The molecule has 0 aliphatic carbocycles. The zero-order valence-corrected chi connectivity index (χ0v) is 7.96. The highest BCUT2D eigenvalue weighted by molar-refractivity contribution is 6.09. The fraction of sp³-hybridized carbons (Fsp3) is 0.182. The van der Waals surface area contributed by atoms with Gasteiger partial charge in [0.2, 0.25) is 0 Å². The second-order valence-electron chi connectivity index (χ2n) is 3.11. The van der Waals surface area contributed by atoms with Crippen LogP contribution < -0.4 is 5.73 Å². The van der Waals surface area contributed by atoms with Crippen LogP contribution in [0.15, 0.2) is 30.0 Å². The van der Waals surface area contributed by atoms with Crippen LogP contribution in [0.3, 0.4) is 0 Å². The Bertz CT molecular complexity index is 347. The third-order valence-electron chi connectivity index (χ3n) is 1.90. The Morgan fingerprint density at radius 2 is 2.15 bits per heavy atom. The van der Waals surface area contributed by atoms with Crippen LogP contribution in [0.4, 0.5) is 0 Å². The van der Waals surface area contributed by atoms with E-state index in [2.05, 4.69) is 0 Å². The van der Waals surface area contributed by atoms with Crippen molar-refractivity contribution in [2.75, 3.05) is 0 Å². The van der Waals surface area contributed by atoms with Crippen LogP contribution in [-0.2, 0) is 0 Å². The average molecular weight is 174 g/mol. The molecule has 2 nitrogen and oxygen atoms in total. The lowest BCUT2D eigenvalue weighted by atomic mass is 10.0. The smallest absolute Gasteiger partial charge is 0.0273 e. The van der Waals surface area contributed by atoms with Gasteiger partial charge in [0.05, 0.1) is 0 Å². The highest BCUT2D eigenvalue weighted by Crippen LogP contribution is 2.15. The molecule has 0 spiro atoms. The third kappa shape index (κ3) is 2.18. The molecule has 0 aliphatic heterocycles. The van der Waals surface area contributed by atoms with Crippen LogP contribution in [0, 0.1) is 12.3 Å². The molecule has 0 amide bonds. The van der Waals surface area contributed by atoms with E-state index in [-0.39, 0.29) is 0 Å². The van der Waals surface area contributed by atoms with Crippen LogP contribution >= 0.6 is 0 Å². The topological polar surface area (TPSA) is 49.9 Å². The first-order valence-corrected chi connectivity index (χ1v) is 4.19. The molecular formula is C11H14N2. The predicted molar refractivity (Wildman–Crippen MR) is 56.7 cm³/mol. The molecule has 0 bridgehead atoms. The quantitative estimate of drug-likeness (QED) is 0.664. The number of aryl methyl sites for hydroxylation is 1. The monoisotopic (exact) mass is 174 g/mol. The van der Waals surface area contributed by atoms with Gasteiger partial charge in [-0.05, 0) is 19.4 Å². The molecule has 3 N–H and O–H groups in total. The maximum atomic E-state index is 7.24. The molecule has 68 valence electrons. The number of nitrogens with two attached hydrogens (primary N) is 1. The van der Waals surface area contributed by atoms with E-state index in [0.717, 1.165) is 11.1 Å². The van der Waals surface area contributed by atoms with Gasteiger partial charge in [-0.2, -0.15) is 0 Å². The Kier molecular flexibility index (Phi) is 2.85. The largest absolute Gasteiger partial charge is 0.402 e. The highest BCUT2D eigenvalue weighted by atomic mass is 14.6. The molecule has 2 heteroatoms. The maximum absolute atomic E-state index is 7.24. The van der Waals surface area contributed by atoms with Gasteiger partial charge in [-0.15, -0.1) is 0 Å². The first-order chi connectivity index (χ1) is 6.15. The molecule has 1 aromatic carbocycles. The van der Waals surface area contributed by atoms with E-state index in [4.69, 9.17) is 11.1 Å². The standard InChI is InChI=1S/C11H14N2/c1-8-4-3-5-10(6-8)11(7-12)9(2)13/h3-7,12H,13H2,1-2H3. The van der Waals surface area contributed by atoms with Crippen molar-refractivity contribution in [1.29, 1.82) is 5.41 Å². The summed E-state index contributed by atoms with van der Waals surface area (Å²) in [6.45, 7) is 3.83. The lowest BCUT2D eigenvalue weighted by Crippen LogP contribution is -1.98. The number of benzene rings is 1. The van der Waals surface area contributed by atoms with Crippen molar-refractivity contribution in [3.8, 4) is 0 Å². The SMILES string of the molecule is CC(N)=C(C=N)c1cccc(C)c1. The number of hydrogen-bond acceptors (Lipinski definition) is 2. The average Bonchev–Trinajstić information content (AvgIpc) is 2.04. The summed E-state index contributed by atoms with van der Waals surface area (Å²) in [5.74, 6) is 0. The molecule has 0 saturated heterocycles. The minimum absolute atomic E-state index is 0.681. The molecule has 0 aliphatic rings. The van der Waals surface area contributed by atoms with Gasteiger partial charge in [0.25, 0.3) is 0 Å². The van der Waals surface area contributed by atoms with Gasteiger partial charge >= 0.3 is 0 Å². The second kappa shape index (κ2) is 3.90. The molecule has 0 saturated carbocycles. The summed E-state index contributed by atoms with van der Waals surface area (Å²) < 4.78 is 0. The van der Waals surface area contributed by atoms with Crippen molar-refractivity contribution in [2.45, 2.75) is 13.8 Å². The summed E-state index contributed by atoms with van der Waals surface area (Å²) in [5, 5.41) is 7.24. The summed E-state index contributed by atoms with van der Waals surface area (Å²) in [6, 6.07) is 7.98. The normalized spacial score (nSPS) is 12.2. The van der Waals surface area contributed by atoms with E-state index in [1.54, 1.807) is 0 Å². The minimum Gasteiger partial charge on any atom is -0.402 e. The highest BCUT2D eigenvalue weighted by Gasteiger charge is 2.00. The molecule has 1 aromatic rings. The molecule has 0 fully saturated rings. The molecule has 0 atom stereocenters. The summed E-state index contributed by atoms with van der Waals surface area (Å²) in [4.78, 5) is 0. The molecule has 1 rings (SSSR count). The van der Waals surface area contributed by atoms with E-state index in [1.807, 2.05) is 38.1 Å². The molecule has 0 unspecified atom stereocenters. The summed E-state index contributed by atoms with van der Waals surface area (Å²) in [6.07, 6.45) is 1.30. The first-order valence-electron chi connectivity index (χ1n) is 4.19. The second-order valence-corrected chi connectivity index (χ2v) is 3.11. The van der Waals surface area contributed by atoms with Crippen molar-refractivity contribution >= 4 is 11.8 Å². The summed E-state index contributed by atoms with van der Waals surface area (Å²) in [7, 11) is 0. The van der Waals surface area contributed by atoms with E-state index in [9.17, 15) is 0 Å². The zero-order valence-electron chi connectivity index (χ0n) is 7.96. The molecule has 0 heterocycles. The van der Waals surface area contributed by atoms with E-state index >= 15 is 0 Å². The summed E-state index contributed by atoms with van der Waals surface area (Å²) in [5.41, 5.74) is 9.32. The van der Waals surface area contributed by atoms with Crippen molar-refractivity contribution < 1.29 is 0 Å². The fourth-order valence-electron chi connectivity index (χ4n) is 1.24. The lowest BCUT2D eigenvalue weighted by molar-refractivity contribution is 1.32. The maximum Gasteiger partial charge on any atom is 0.0273 e. The number of nitrogens with one attached hydrogen (secondary N) is 1. The van der Waals surface area contributed by atoms with Gasteiger partial charge in [-0.1, -0.05) is 29.8 Å². The van der Waals surface area contributed by atoms with Crippen molar-refractivity contribution in [3.63, 3.8) is 0 Å². The Labute approximate surface area is 78.6 Å². The minimum atomic E-state index is 0.681. The Morgan fingerprint density at radius 3 is 2.62 bits per heavy atom. The molecule has 0 aromatic heterocycles. The van der Waals surface area contributed by atoms with Gasteiger partial charge in [-0.3, -0.25) is 0 Å².